The van der Waals surface area contributed by atoms with Gasteiger partial charge in [0.25, 0.3) is 22.5 Å². The van der Waals surface area contributed by atoms with E-state index in [4.69, 9.17) is 32.5 Å². The molecule has 10 rings (SSSR count). The summed E-state index contributed by atoms with van der Waals surface area (Å²) >= 11 is 43.7. The molecule has 86 heavy (non-hydrogen) atoms. The molecular formula is C42H33ClI23N12O8-. The van der Waals surface area contributed by atoms with Crippen LogP contribution in [0.2, 0.25) is 5.15 Å². The molecule has 0 amide bonds. The van der Waals surface area contributed by atoms with Crippen LogP contribution in [0.25, 0.3) is 66.5 Å². The number of fused-ring (bicyclic) bond motifs is 10. The van der Waals surface area contributed by atoms with E-state index in [1.807, 2.05) is 24.3 Å². The number of aliphatic hydroxyl groups excluding tert-OH is 2. The average molecular weight is 3790 g/mol. The number of rotatable bonds is 18. The van der Waals surface area contributed by atoms with Gasteiger partial charge < -0.3 is 21.3 Å². The summed E-state index contributed by atoms with van der Waals surface area (Å²) in [6.45, 7) is 0.742. The fraction of sp³-hybridized carbons (Fsp3) is 0.0952. The zero-order valence-electron chi connectivity index (χ0n) is 41.3. The number of nitrogens with zero attached hydrogens (tertiary/aromatic N) is 10. The van der Waals surface area contributed by atoms with E-state index in [-0.39, 0.29) is 56.6 Å². The second-order valence-corrected chi connectivity index (χ2v) is 519. The molecule has 0 aliphatic carbocycles. The number of aliphatic hydroxyl groups is 2. The summed E-state index contributed by atoms with van der Waals surface area (Å²) in [7, 11) is -4.05. The first-order valence-corrected chi connectivity index (χ1v) is 161. The molecule has 0 fully saturated rings. The third kappa shape index (κ3) is 21.2. The number of nitro groups is 2. The monoisotopic (exact) mass is 3790 g/mol. The molecule has 0 saturated carbocycles. The second kappa shape index (κ2) is 40.6. The largest absolute Gasteiger partial charge is 0.395 e. The summed E-state index contributed by atoms with van der Waals surface area (Å²) in [4.78, 5) is 57.2. The van der Waals surface area contributed by atoms with Crippen molar-refractivity contribution in [3.05, 3.63) is 167 Å². The van der Waals surface area contributed by atoms with Crippen molar-refractivity contribution < 1.29 is 33.3 Å². The summed E-state index contributed by atoms with van der Waals surface area (Å²) in [6, 6.07) is 32.7. The molecule has 0 bridgehead atoms. The third-order valence-corrected chi connectivity index (χ3v) is 1580. The van der Waals surface area contributed by atoms with E-state index in [0.29, 0.717) is 98.7 Å². The van der Waals surface area contributed by atoms with E-state index in [2.05, 4.69) is 244 Å². The number of imidazole rings is 2. The second-order valence-electron chi connectivity index (χ2n) is 15.2. The van der Waals surface area contributed by atoms with Crippen LogP contribution < -0.4 is 35.4 Å². The Kier molecular flexibility index (Phi) is 38.7. The van der Waals surface area contributed by atoms with Crippen molar-refractivity contribution in [1.82, 2.24) is 38.3 Å². The summed E-state index contributed by atoms with van der Waals surface area (Å²) in [5, 5.41) is 53.3. The number of anilines is 1. The van der Waals surface area contributed by atoms with Crippen molar-refractivity contribution in [2.75, 3.05) is 31.6 Å². The number of non-ortho nitro benzene ring substituents is 2. The van der Waals surface area contributed by atoms with Gasteiger partial charge in [0, 0.05) is 58.9 Å². The van der Waals surface area contributed by atoms with Crippen LogP contribution in [0.1, 0.15) is 0 Å². The maximum Gasteiger partial charge on any atom is 0.269 e. The van der Waals surface area contributed by atoms with Crippen LogP contribution in [-0.4, -0.2) is 84.7 Å². The zero-order chi connectivity index (χ0) is 62.8. The molecule has 6 aromatic heterocycles. The molecule has 10 aromatic rings. The van der Waals surface area contributed by atoms with E-state index in [1.54, 1.807) is 53.0 Å². The molecule has 0 atom stereocenters. The van der Waals surface area contributed by atoms with Gasteiger partial charge in [0.05, 0.1) is 34.4 Å². The minimum absolute atomic E-state index is 0.0530. The standard InChI is InChI=1S/C21H16N6O4.C19H10ClN5O3.C2H7NO.I23/c28-12-11-22-17-9-10-18-23-19-15-3-1-2-4-16(15)21(29)25(20(19)26(18)24-17)13-5-7-14(8-6-13)27(30)31;20-15-9-10-16-21-17-13-3-1-2-4-14(13)19(26)23(18(17)24(16)22-15)11-5-7-12(8-6-11)25(27)28;3-1-2-4;1-13-15(4)17(6)19(8)21(10)23(12)22(11)20(9)18(7)16(5)14(2)3/h1-10,28H,11-12H2,(H,22,24);1-10H;4H,1-3H2;/q;;;-1. The predicted octanol–water partition coefficient (Wildman–Crippen LogP) is 21.7. The number of benzene rings is 4. The summed E-state index contributed by atoms with van der Waals surface area (Å²) in [5.74, 6) is 0.511. The number of pyridine rings is 2. The van der Waals surface area contributed by atoms with Gasteiger partial charge in [-0.25, -0.2) is 9.97 Å². The van der Waals surface area contributed by atoms with Crippen molar-refractivity contribution in [1.29, 1.82) is 0 Å². The Balaban J connectivity index is 0.000000181. The van der Waals surface area contributed by atoms with Gasteiger partial charge in [-0.2, -0.15) is 14.1 Å². The molecule has 5 N–H and O–H groups in total. The Hall–Kier alpha value is 8.62. The van der Waals surface area contributed by atoms with Gasteiger partial charge in [0.2, 0.25) is 0 Å². The molecule has 4 aromatic carbocycles. The number of hydrogen-bond acceptors (Lipinski definition) is 14. The average Bonchev–Trinajstić information content (AvgIpc) is 1.83. The van der Waals surface area contributed by atoms with E-state index in [9.17, 15) is 29.8 Å². The number of hydrogen-bond donors (Lipinski definition) is 4. The molecule has 0 radical (unpaired) electrons. The van der Waals surface area contributed by atoms with Gasteiger partial charge in [-0.15, -0.1) is 5.10 Å². The molecule has 0 saturated heterocycles. The molecule has 44 heteroatoms. The van der Waals surface area contributed by atoms with E-state index >= 15 is 0 Å². The topological polar surface area (TPSA) is 269 Å². The van der Waals surface area contributed by atoms with Crippen molar-refractivity contribution in [3.63, 3.8) is 0 Å². The van der Waals surface area contributed by atoms with Gasteiger partial charge >= 0.3 is 316 Å². The van der Waals surface area contributed by atoms with Crippen LogP contribution in [0.3, 0.4) is 0 Å². The van der Waals surface area contributed by atoms with E-state index in [0.717, 1.165) is 0 Å². The molecule has 6 heterocycles. The Labute approximate surface area is 654 Å². The molecule has 0 spiro atoms. The van der Waals surface area contributed by atoms with Crippen molar-refractivity contribution in [3.8, 4) is 11.4 Å². The molecular weight excluding hydrogens is 3750 g/mol. The minimum Gasteiger partial charge on any atom is -0.395 e. The first-order valence-electron chi connectivity index (χ1n) is 22.2. The smallest absolute Gasteiger partial charge is 0.269 e. The van der Waals surface area contributed by atoms with E-state index < -0.39 is 73.0 Å². The Morgan fingerprint density at radius 3 is 1.31 bits per heavy atom. The molecule has 0 aliphatic rings. The molecule has 20 nitrogen and oxygen atoms in total. The van der Waals surface area contributed by atoms with Crippen LogP contribution >= 0.6 is 314 Å². The fourth-order valence-corrected chi connectivity index (χ4v) is 3570. The Morgan fingerprint density at radius 2 is 0.930 bits per heavy atom. The summed E-state index contributed by atoms with van der Waals surface area (Å²) in [6.07, 6.45) is 0. The van der Waals surface area contributed by atoms with Gasteiger partial charge in [0.15, 0.2) is 22.6 Å². The summed E-state index contributed by atoms with van der Waals surface area (Å²) < 4.78 is 5.98. The van der Waals surface area contributed by atoms with Crippen molar-refractivity contribution >= 4 is 386 Å². The van der Waals surface area contributed by atoms with Crippen molar-refractivity contribution in [2.24, 2.45) is 5.73 Å². The first kappa shape index (κ1) is 81.9. The van der Waals surface area contributed by atoms with Gasteiger partial charge in [-0.1, -0.05) is 48.0 Å². The van der Waals surface area contributed by atoms with Crippen LogP contribution in [0, 0.1) is 20.2 Å². The van der Waals surface area contributed by atoms with Crippen LogP contribution in [0.15, 0.2) is 131 Å². The predicted molar refractivity (Wildman–Crippen MR) is 546 cm³/mol. The number of nitrogens with two attached hydrogens (primary N) is 1. The minimum atomic E-state index is -0.489. The van der Waals surface area contributed by atoms with Gasteiger partial charge in [-0.3, -0.25) is 39.0 Å². The number of halogens is 24. The molecule has 0 aliphatic heterocycles. The third-order valence-electron chi connectivity index (χ3n) is 10.5. The maximum atomic E-state index is 13.5. The quantitative estimate of drug-likeness (QED) is 0.0354. The maximum absolute atomic E-state index is 13.5. The Bertz CT molecular complexity index is 4150. The first-order chi connectivity index (χ1) is 41.0. The van der Waals surface area contributed by atoms with Crippen LogP contribution in [0.4, 0.5) is 17.2 Å². The fourth-order valence-electron chi connectivity index (χ4n) is 7.24. The van der Waals surface area contributed by atoms with Gasteiger partial charge in [-0.05, 0) is 60.7 Å². The van der Waals surface area contributed by atoms with Gasteiger partial charge in [0.1, 0.15) is 22.0 Å². The summed E-state index contributed by atoms with van der Waals surface area (Å²) in [5.41, 5.74) is 8.14. The number of nitro benzene ring substituents is 2. The van der Waals surface area contributed by atoms with Crippen LogP contribution in [-0.2, 0) is 0 Å². The van der Waals surface area contributed by atoms with E-state index in [1.165, 1.54) is 62.2 Å². The zero-order valence-corrected chi connectivity index (χ0v) is 91.7. The normalized spacial score (nSPS) is 13.0. The SMILES string of the molecule is I[I-]I(I)I(I)I(I)I(I)I(I)I(I)I(I)I(I)I(I)I(I)I.NCCO.O=c1c2ccccc2c2nc3ccc(Cl)nn3c2n1-c1ccc([N+](=O)[O-])cc1.O=c1c2ccccc2c2nc3ccc(NCCO)nn3c2n1-c1ccc([N+](=O)[O-])cc1. The molecule has 478 valence electrons. The molecule has 0 unspecified atom stereocenters. The number of nitrogens with one attached hydrogen (secondary N) is 1. The van der Waals surface area contributed by atoms with Crippen molar-refractivity contribution in [2.45, 2.75) is 0 Å². The number of aromatic nitrogens is 8. The van der Waals surface area contributed by atoms with Crippen LogP contribution in [0.5, 0.6) is 0 Å². The Morgan fingerprint density at radius 1 is 0.547 bits per heavy atom.